The number of hydrogen-bond donors (Lipinski definition) is 2. The van der Waals surface area contributed by atoms with Crippen LogP contribution in [0.15, 0.2) is 60.2 Å². The van der Waals surface area contributed by atoms with Gasteiger partial charge in [-0.2, -0.15) is 0 Å². The second kappa shape index (κ2) is 8.67. The van der Waals surface area contributed by atoms with Crippen LogP contribution in [0, 0.1) is 0 Å². The SMILES string of the molecule is CCOC(=O)C1=C(c2ccccc2)NC(=S)N[C@H]1c1ccc(C(=O)OC)cc1. The summed E-state index contributed by atoms with van der Waals surface area (Å²) >= 11 is 5.37. The maximum absolute atomic E-state index is 12.8. The van der Waals surface area contributed by atoms with E-state index in [4.69, 9.17) is 21.7 Å². The minimum atomic E-state index is -0.519. The first kappa shape index (κ1) is 19.6. The standard InChI is InChI=1S/C21H20N2O4S/c1-3-27-20(25)16-17(13-7-5-4-6-8-13)22-21(28)23-18(16)14-9-11-15(12-10-14)19(24)26-2/h4-12,18H,3H2,1-2H3,(H2,22,23,28)/t18-/m0/s1. The minimum absolute atomic E-state index is 0.253. The van der Waals surface area contributed by atoms with Gasteiger partial charge in [0.1, 0.15) is 0 Å². The van der Waals surface area contributed by atoms with E-state index in [1.807, 2.05) is 30.3 Å². The van der Waals surface area contributed by atoms with Gasteiger partial charge < -0.3 is 20.1 Å². The number of nitrogens with one attached hydrogen (secondary N) is 2. The Kier molecular flexibility index (Phi) is 6.06. The number of ether oxygens (including phenoxy) is 2. The van der Waals surface area contributed by atoms with Crippen molar-refractivity contribution in [3.05, 3.63) is 76.9 Å². The molecular formula is C21H20N2O4S. The fourth-order valence-electron chi connectivity index (χ4n) is 3.01. The lowest BCUT2D eigenvalue weighted by molar-refractivity contribution is -0.138. The smallest absolute Gasteiger partial charge is 0.338 e. The molecule has 0 saturated heterocycles. The summed E-state index contributed by atoms with van der Waals surface area (Å²) in [5.74, 6) is -0.864. The summed E-state index contributed by atoms with van der Waals surface area (Å²) in [7, 11) is 1.33. The zero-order valence-electron chi connectivity index (χ0n) is 15.5. The number of benzene rings is 2. The molecule has 2 aromatic carbocycles. The molecule has 0 spiro atoms. The number of carbonyl (C=O) groups excluding carboxylic acids is 2. The fraction of sp³-hybridized carbons (Fsp3) is 0.190. The van der Waals surface area contributed by atoms with Crippen LogP contribution in [-0.4, -0.2) is 30.8 Å². The number of esters is 2. The van der Waals surface area contributed by atoms with Crippen LogP contribution >= 0.6 is 12.2 Å². The zero-order chi connectivity index (χ0) is 20.1. The summed E-state index contributed by atoms with van der Waals surface area (Å²) in [4.78, 5) is 24.5. The molecule has 1 atom stereocenters. The van der Waals surface area contributed by atoms with Crippen molar-refractivity contribution in [1.82, 2.24) is 10.6 Å². The van der Waals surface area contributed by atoms with Crippen molar-refractivity contribution in [2.45, 2.75) is 13.0 Å². The summed E-state index contributed by atoms with van der Waals surface area (Å²) in [5, 5.41) is 6.61. The molecule has 7 heteroatoms. The highest BCUT2D eigenvalue weighted by molar-refractivity contribution is 7.80. The third kappa shape index (κ3) is 4.04. The summed E-state index contributed by atoms with van der Waals surface area (Å²) in [6, 6.07) is 15.8. The molecule has 144 valence electrons. The molecule has 28 heavy (non-hydrogen) atoms. The Morgan fingerprint density at radius 2 is 1.71 bits per heavy atom. The second-order valence-corrected chi connectivity index (χ2v) is 6.43. The van der Waals surface area contributed by atoms with Gasteiger partial charge in [0.2, 0.25) is 0 Å². The van der Waals surface area contributed by atoms with Crippen molar-refractivity contribution in [2.75, 3.05) is 13.7 Å². The molecule has 1 aliphatic rings. The lowest BCUT2D eigenvalue weighted by Crippen LogP contribution is -2.45. The monoisotopic (exact) mass is 396 g/mol. The number of methoxy groups -OCH3 is 1. The summed E-state index contributed by atoms with van der Waals surface area (Å²) in [6.07, 6.45) is 0. The van der Waals surface area contributed by atoms with E-state index in [0.717, 1.165) is 11.1 Å². The molecule has 0 saturated carbocycles. The Bertz CT molecular complexity index is 923. The largest absolute Gasteiger partial charge is 0.465 e. The van der Waals surface area contributed by atoms with Gasteiger partial charge in [-0.3, -0.25) is 0 Å². The summed E-state index contributed by atoms with van der Waals surface area (Å²) in [5.41, 5.74) is 3.04. The first-order valence-corrected chi connectivity index (χ1v) is 9.18. The molecule has 0 bridgehead atoms. The molecular weight excluding hydrogens is 376 g/mol. The molecule has 1 heterocycles. The van der Waals surface area contributed by atoms with E-state index in [-0.39, 0.29) is 6.61 Å². The third-order valence-corrected chi connectivity index (χ3v) is 4.51. The van der Waals surface area contributed by atoms with Crippen LogP contribution in [0.1, 0.15) is 34.5 Å². The summed E-state index contributed by atoms with van der Waals surface area (Å²) in [6.45, 7) is 2.01. The minimum Gasteiger partial charge on any atom is -0.465 e. The van der Waals surface area contributed by atoms with Crippen LogP contribution in [-0.2, 0) is 14.3 Å². The van der Waals surface area contributed by atoms with E-state index in [9.17, 15) is 9.59 Å². The van der Waals surface area contributed by atoms with Gasteiger partial charge in [-0.15, -0.1) is 0 Å². The summed E-state index contributed by atoms with van der Waals surface area (Å²) < 4.78 is 10.0. The van der Waals surface area contributed by atoms with Gasteiger partial charge in [-0.25, -0.2) is 9.59 Å². The van der Waals surface area contributed by atoms with Crippen LogP contribution in [0.25, 0.3) is 5.70 Å². The van der Waals surface area contributed by atoms with Crippen LogP contribution in [0.2, 0.25) is 0 Å². The molecule has 2 N–H and O–H groups in total. The average molecular weight is 396 g/mol. The highest BCUT2D eigenvalue weighted by Gasteiger charge is 2.33. The first-order chi connectivity index (χ1) is 13.5. The van der Waals surface area contributed by atoms with Crippen molar-refractivity contribution in [2.24, 2.45) is 0 Å². The van der Waals surface area contributed by atoms with Crippen molar-refractivity contribution >= 4 is 35.0 Å². The molecule has 6 nitrogen and oxygen atoms in total. The van der Waals surface area contributed by atoms with Gasteiger partial charge in [0.15, 0.2) is 5.11 Å². The molecule has 0 unspecified atom stereocenters. The average Bonchev–Trinajstić information content (AvgIpc) is 2.73. The number of carbonyl (C=O) groups is 2. The molecule has 0 amide bonds. The molecule has 0 fully saturated rings. The van der Waals surface area contributed by atoms with Crippen LogP contribution < -0.4 is 10.6 Å². The normalized spacial score (nSPS) is 16.1. The molecule has 1 aliphatic heterocycles. The lowest BCUT2D eigenvalue weighted by atomic mass is 9.92. The second-order valence-electron chi connectivity index (χ2n) is 6.02. The van der Waals surface area contributed by atoms with E-state index in [1.165, 1.54) is 7.11 Å². The quantitative estimate of drug-likeness (QED) is 0.594. The molecule has 3 rings (SSSR count). The first-order valence-electron chi connectivity index (χ1n) is 8.77. The maximum atomic E-state index is 12.8. The molecule has 0 radical (unpaired) electrons. The predicted octanol–water partition coefficient (Wildman–Crippen LogP) is 2.97. The van der Waals surface area contributed by atoms with E-state index in [0.29, 0.717) is 21.9 Å². The van der Waals surface area contributed by atoms with Crippen LogP contribution in [0.5, 0.6) is 0 Å². The number of thiocarbonyl (C=S) groups is 1. The van der Waals surface area contributed by atoms with Gasteiger partial charge in [0.25, 0.3) is 0 Å². The van der Waals surface area contributed by atoms with Gasteiger partial charge >= 0.3 is 11.9 Å². The van der Waals surface area contributed by atoms with Crippen molar-refractivity contribution in [1.29, 1.82) is 0 Å². The van der Waals surface area contributed by atoms with Crippen molar-refractivity contribution < 1.29 is 19.1 Å². The van der Waals surface area contributed by atoms with E-state index < -0.39 is 18.0 Å². The Morgan fingerprint density at radius 1 is 1.04 bits per heavy atom. The molecule has 0 aromatic heterocycles. The van der Waals surface area contributed by atoms with Crippen LogP contribution in [0.4, 0.5) is 0 Å². The van der Waals surface area contributed by atoms with Gasteiger partial charge in [-0.05, 0) is 42.4 Å². The Balaban J connectivity index is 2.10. The predicted molar refractivity (Wildman–Crippen MR) is 109 cm³/mol. The Hall–Kier alpha value is -3.19. The highest BCUT2D eigenvalue weighted by atomic mass is 32.1. The van der Waals surface area contributed by atoms with Gasteiger partial charge in [0.05, 0.1) is 36.6 Å². The zero-order valence-corrected chi connectivity index (χ0v) is 16.3. The van der Waals surface area contributed by atoms with Crippen LogP contribution in [0.3, 0.4) is 0 Å². The van der Waals surface area contributed by atoms with E-state index >= 15 is 0 Å². The van der Waals surface area contributed by atoms with Crippen molar-refractivity contribution in [3.63, 3.8) is 0 Å². The highest BCUT2D eigenvalue weighted by Crippen LogP contribution is 2.32. The van der Waals surface area contributed by atoms with Crippen molar-refractivity contribution in [3.8, 4) is 0 Å². The third-order valence-electron chi connectivity index (χ3n) is 4.29. The lowest BCUT2D eigenvalue weighted by Gasteiger charge is -2.31. The van der Waals surface area contributed by atoms with E-state index in [1.54, 1.807) is 31.2 Å². The van der Waals surface area contributed by atoms with Gasteiger partial charge in [0, 0.05) is 0 Å². The van der Waals surface area contributed by atoms with E-state index in [2.05, 4.69) is 10.6 Å². The molecule has 2 aromatic rings. The van der Waals surface area contributed by atoms with Gasteiger partial charge in [-0.1, -0.05) is 42.5 Å². The fourth-order valence-corrected chi connectivity index (χ4v) is 3.23. The maximum Gasteiger partial charge on any atom is 0.338 e. The number of rotatable bonds is 5. The Morgan fingerprint density at radius 3 is 2.32 bits per heavy atom. The number of hydrogen-bond acceptors (Lipinski definition) is 5. The topological polar surface area (TPSA) is 76.7 Å². The molecule has 0 aliphatic carbocycles. The Labute approximate surface area is 168 Å².